The number of benzene rings is 1. The number of carboxylic acid groups (broad SMARTS) is 1. The van der Waals surface area contributed by atoms with Crippen LogP contribution in [0.25, 0.3) is 0 Å². The van der Waals surface area contributed by atoms with Gasteiger partial charge in [0, 0.05) is 6.20 Å². The number of hydrogen-bond acceptors (Lipinski definition) is 4. The Morgan fingerprint density at radius 2 is 1.88 bits per heavy atom. The van der Waals surface area contributed by atoms with Gasteiger partial charge in [-0.2, -0.15) is 8.78 Å². The van der Waals surface area contributed by atoms with Gasteiger partial charge in [-0.25, -0.2) is 9.78 Å². The lowest BCUT2D eigenvalue weighted by Gasteiger charge is -2.12. The normalized spacial score (nSPS) is 12.5. The summed E-state index contributed by atoms with van der Waals surface area (Å²) in [5.41, 5.74) is -0.548. The second kappa shape index (κ2) is 7.19. The number of rotatable bonds is 6. The molecule has 0 saturated heterocycles. The summed E-state index contributed by atoms with van der Waals surface area (Å²) >= 11 is 10.7. The molecule has 5 nitrogen and oxygen atoms in total. The molecule has 9 heteroatoms. The van der Waals surface area contributed by atoms with Crippen molar-refractivity contribution in [1.82, 2.24) is 4.98 Å². The van der Waals surface area contributed by atoms with E-state index in [4.69, 9.17) is 37.8 Å². The molecular formula is C15H11Cl2F2NO4. The molecule has 128 valence electrons. The van der Waals surface area contributed by atoms with Crippen molar-refractivity contribution in [1.29, 1.82) is 0 Å². The van der Waals surface area contributed by atoms with Crippen molar-refractivity contribution in [3.63, 3.8) is 0 Å². The van der Waals surface area contributed by atoms with E-state index in [0.29, 0.717) is 11.5 Å². The molecule has 0 radical (unpaired) electrons. The first kappa shape index (κ1) is 18.2. The van der Waals surface area contributed by atoms with Crippen LogP contribution >= 0.6 is 23.2 Å². The fourth-order valence-electron chi connectivity index (χ4n) is 1.61. The van der Waals surface area contributed by atoms with Gasteiger partial charge in [0.05, 0.1) is 5.56 Å². The average molecular weight is 378 g/mol. The number of carbonyl (C=O) groups is 1. The molecule has 0 spiro atoms. The number of pyridine rings is 1. The predicted molar refractivity (Wildman–Crippen MR) is 83.2 cm³/mol. The van der Waals surface area contributed by atoms with E-state index in [1.165, 1.54) is 31.2 Å². The van der Waals surface area contributed by atoms with Gasteiger partial charge >= 0.3 is 11.4 Å². The Bertz CT molecular complexity index is 735. The van der Waals surface area contributed by atoms with E-state index in [9.17, 15) is 13.6 Å². The van der Waals surface area contributed by atoms with Crippen molar-refractivity contribution in [2.24, 2.45) is 0 Å². The minimum Gasteiger partial charge on any atom is -0.479 e. The minimum atomic E-state index is -3.57. The largest absolute Gasteiger partial charge is 0.479 e. The summed E-state index contributed by atoms with van der Waals surface area (Å²) in [7, 11) is 0. The third-order valence-electron chi connectivity index (χ3n) is 2.83. The fraction of sp³-hybridized carbons (Fsp3) is 0.200. The third-order valence-corrected chi connectivity index (χ3v) is 3.32. The molecule has 0 aliphatic heterocycles. The van der Waals surface area contributed by atoms with Crippen LogP contribution in [0.4, 0.5) is 8.78 Å². The number of carboxylic acids is 1. The molecule has 1 heterocycles. The van der Waals surface area contributed by atoms with Crippen LogP contribution in [0.15, 0.2) is 36.5 Å². The van der Waals surface area contributed by atoms with Gasteiger partial charge in [0.15, 0.2) is 6.10 Å². The van der Waals surface area contributed by atoms with Crippen molar-refractivity contribution >= 4 is 29.2 Å². The van der Waals surface area contributed by atoms with E-state index in [1.54, 1.807) is 0 Å². The maximum Gasteiger partial charge on any atom is 0.349 e. The maximum atomic E-state index is 13.0. The Morgan fingerprint density at radius 1 is 1.29 bits per heavy atom. The Kier molecular flexibility index (Phi) is 5.46. The topological polar surface area (TPSA) is 68.7 Å². The molecule has 1 aromatic heterocycles. The second-order valence-electron chi connectivity index (χ2n) is 4.68. The van der Waals surface area contributed by atoms with Gasteiger partial charge in [0.25, 0.3) is 0 Å². The van der Waals surface area contributed by atoms with E-state index < -0.39 is 23.0 Å². The molecule has 0 amide bonds. The van der Waals surface area contributed by atoms with Crippen LogP contribution in [0.2, 0.25) is 5.02 Å². The highest BCUT2D eigenvalue weighted by Gasteiger charge is 2.29. The molecule has 1 atom stereocenters. The molecule has 0 fully saturated rings. The number of aliphatic carboxylic acids is 1. The molecule has 2 aromatic rings. The van der Waals surface area contributed by atoms with Crippen LogP contribution < -0.4 is 9.47 Å². The zero-order valence-corrected chi connectivity index (χ0v) is 13.7. The second-order valence-corrected chi connectivity index (χ2v) is 5.56. The van der Waals surface area contributed by atoms with E-state index in [0.717, 1.165) is 12.3 Å². The Balaban J connectivity index is 2.10. The lowest BCUT2D eigenvalue weighted by Crippen LogP contribution is -2.22. The molecular weight excluding hydrogens is 367 g/mol. The molecule has 0 aliphatic rings. The highest BCUT2D eigenvalue weighted by molar-refractivity contribution is 6.32. The van der Waals surface area contributed by atoms with Gasteiger partial charge in [0.1, 0.15) is 16.5 Å². The number of hydrogen-bond donors (Lipinski definition) is 1. The quantitative estimate of drug-likeness (QED) is 0.740. The lowest BCUT2D eigenvalue weighted by atomic mass is 10.3. The third kappa shape index (κ3) is 4.69. The van der Waals surface area contributed by atoms with Gasteiger partial charge in [-0.05, 0) is 48.9 Å². The Morgan fingerprint density at radius 3 is 2.38 bits per heavy atom. The lowest BCUT2D eigenvalue weighted by molar-refractivity contribution is -0.144. The van der Waals surface area contributed by atoms with Crippen molar-refractivity contribution < 1.29 is 28.2 Å². The van der Waals surface area contributed by atoms with Crippen LogP contribution in [-0.4, -0.2) is 22.2 Å². The number of aromatic nitrogens is 1. The smallest absolute Gasteiger partial charge is 0.349 e. The molecule has 0 saturated carbocycles. The van der Waals surface area contributed by atoms with Crippen LogP contribution in [0, 0.1) is 0 Å². The van der Waals surface area contributed by atoms with Crippen molar-refractivity contribution in [2.45, 2.75) is 18.4 Å². The standard InChI is InChI=1S/C15H11Cl2F2NO4/c1-8(14(21)22)23-10-2-4-11(5-3-10)24-13-12(16)6-9(7-20-13)15(17,18)19/h2-8H,1H3,(H,21,22). The molecule has 0 aliphatic carbocycles. The van der Waals surface area contributed by atoms with Gasteiger partial charge in [-0.3, -0.25) is 0 Å². The maximum absolute atomic E-state index is 13.0. The summed E-state index contributed by atoms with van der Waals surface area (Å²) in [6.07, 6.45) is -0.141. The molecule has 24 heavy (non-hydrogen) atoms. The highest BCUT2D eigenvalue weighted by Crippen LogP contribution is 2.36. The zero-order valence-electron chi connectivity index (χ0n) is 12.2. The highest BCUT2D eigenvalue weighted by atomic mass is 35.5. The van der Waals surface area contributed by atoms with Crippen molar-refractivity contribution in [3.8, 4) is 17.4 Å². The summed E-state index contributed by atoms with van der Waals surface area (Å²) < 4.78 is 36.5. The zero-order chi connectivity index (χ0) is 17.9. The first-order valence-corrected chi connectivity index (χ1v) is 7.32. The average Bonchev–Trinajstić information content (AvgIpc) is 2.50. The Hall–Kier alpha value is -2.12. The SMILES string of the molecule is CC(Oc1ccc(Oc2ncc(C(F)(F)Cl)cc2Cl)cc1)C(=O)O. The van der Waals surface area contributed by atoms with Gasteiger partial charge < -0.3 is 14.6 Å². The molecule has 0 bridgehead atoms. The number of ether oxygens (including phenoxy) is 2. The molecule has 1 aromatic carbocycles. The van der Waals surface area contributed by atoms with Gasteiger partial charge in [-0.1, -0.05) is 11.6 Å². The van der Waals surface area contributed by atoms with Crippen molar-refractivity contribution in [3.05, 3.63) is 47.1 Å². The summed E-state index contributed by atoms with van der Waals surface area (Å²) in [6.45, 7) is 1.39. The van der Waals surface area contributed by atoms with Crippen LogP contribution in [0.1, 0.15) is 12.5 Å². The first-order valence-electron chi connectivity index (χ1n) is 6.57. The monoisotopic (exact) mass is 377 g/mol. The molecule has 1 unspecified atom stereocenters. The number of alkyl halides is 3. The van der Waals surface area contributed by atoms with Gasteiger partial charge in [-0.15, -0.1) is 0 Å². The van der Waals surface area contributed by atoms with E-state index in [2.05, 4.69) is 4.98 Å². The minimum absolute atomic E-state index is 0.0751. The van der Waals surface area contributed by atoms with Gasteiger partial charge in [0.2, 0.25) is 5.88 Å². The van der Waals surface area contributed by atoms with E-state index in [1.807, 2.05) is 0 Å². The van der Waals surface area contributed by atoms with Crippen LogP contribution in [0.5, 0.6) is 17.4 Å². The van der Waals surface area contributed by atoms with E-state index in [-0.39, 0.29) is 10.9 Å². The molecule has 1 N–H and O–H groups in total. The fourth-order valence-corrected chi connectivity index (χ4v) is 1.92. The van der Waals surface area contributed by atoms with Crippen LogP contribution in [-0.2, 0) is 10.2 Å². The van der Waals surface area contributed by atoms with E-state index >= 15 is 0 Å². The van der Waals surface area contributed by atoms with Crippen molar-refractivity contribution in [2.75, 3.05) is 0 Å². The van der Waals surface area contributed by atoms with Crippen LogP contribution in [0.3, 0.4) is 0 Å². The summed E-state index contributed by atoms with van der Waals surface area (Å²) in [5, 5.41) is 5.06. The number of halogens is 4. The summed E-state index contributed by atoms with van der Waals surface area (Å²) in [6, 6.07) is 6.93. The number of nitrogens with zero attached hydrogens (tertiary/aromatic N) is 1. The predicted octanol–water partition coefficient (Wildman–Crippen LogP) is 4.67. The first-order chi connectivity index (χ1) is 11.2. The summed E-state index contributed by atoms with van der Waals surface area (Å²) in [5.74, 6) is -0.532. The Labute approximate surface area is 145 Å². The summed E-state index contributed by atoms with van der Waals surface area (Å²) in [4.78, 5) is 14.4. The molecule has 2 rings (SSSR count).